The van der Waals surface area contributed by atoms with E-state index in [0.717, 1.165) is 4.90 Å². The predicted octanol–water partition coefficient (Wildman–Crippen LogP) is 2.30. The lowest BCUT2D eigenvalue weighted by Gasteiger charge is -2.29. The Morgan fingerprint density at radius 2 is 1.76 bits per heavy atom. The molecule has 0 bridgehead atoms. The minimum atomic E-state index is -4.36. The molecule has 0 aliphatic rings. The fourth-order valence-electron chi connectivity index (χ4n) is 1.32. The second kappa shape index (κ2) is 5.71. The standard InChI is InChI=1S/C11H21F3N2O/c1-8(2)16(7-11(12,13)14)9(17)5-6-10(3,4)15/h8H,5-7,15H2,1-4H3. The van der Waals surface area contributed by atoms with Crippen molar-refractivity contribution < 1.29 is 18.0 Å². The molecule has 0 saturated carbocycles. The van der Waals surface area contributed by atoms with Crippen LogP contribution in [0.3, 0.4) is 0 Å². The molecular formula is C11H21F3N2O. The minimum absolute atomic E-state index is 0.0394. The van der Waals surface area contributed by atoms with Crippen LogP contribution in [0.15, 0.2) is 0 Å². The van der Waals surface area contributed by atoms with Gasteiger partial charge in [0.25, 0.3) is 0 Å². The van der Waals surface area contributed by atoms with Crippen molar-refractivity contribution >= 4 is 5.91 Å². The van der Waals surface area contributed by atoms with Gasteiger partial charge in [-0.2, -0.15) is 13.2 Å². The Hall–Kier alpha value is -0.780. The van der Waals surface area contributed by atoms with Crippen LogP contribution in [0.2, 0.25) is 0 Å². The number of nitrogens with zero attached hydrogens (tertiary/aromatic N) is 1. The molecule has 0 fully saturated rings. The van der Waals surface area contributed by atoms with Crippen molar-refractivity contribution in [1.82, 2.24) is 4.90 Å². The molecule has 0 spiro atoms. The molecule has 1 amide bonds. The van der Waals surface area contributed by atoms with Gasteiger partial charge in [-0.1, -0.05) is 0 Å². The lowest BCUT2D eigenvalue weighted by molar-refractivity contribution is -0.164. The zero-order chi connectivity index (χ0) is 13.9. The van der Waals surface area contributed by atoms with Gasteiger partial charge in [0.2, 0.25) is 5.91 Å². The van der Waals surface area contributed by atoms with Gasteiger partial charge in [-0.3, -0.25) is 4.79 Å². The van der Waals surface area contributed by atoms with Gasteiger partial charge in [-0.05, 0) is 34.1 Å². The molecule has 0 heterocycles. The number of hydrogen-bond acceptors (Lipinski definition) is 2. The van der Waals surface area contributed by atoms with Crippen LogP contribution in [-0.2, 0) is 4.79 Å². The Morgan fingerprint density at radius 3 is 2.06 bits per heavy atom. The van der Waals surface area contributed by atoms with Gasteiger partial charge < -0.3 is 10.6 Å². The Balaban J connectivity index is 4.47. The van der Waals surface area contributed by atoms with Crippen molar-refractivity contribution in [3.63, 3.8) is 0 Å². The van der Waals surface area contributed by atoms with Crippen LogP contribution < -0.4 is 5.73 Å². The lowest BCUT2D eigenvalue weighted by Crippen LogP contribution is -2.44. The van der Waals surface area contributed by atoms with Crippen molar-refractivity contribution in [1.29, 1.82) is 0 Å². The number of amides is 1. The van der Waals surface area contributed by atoms with Crippen molar-refractivity contribution in [3.8, 4) is 0 Å². The summed E-state index contributed by atoms with van der Waals surface area (Å²) in [5.41, 5.74) is 5.15. The quantitative estimate of drug-likeness (QED) is 0.818. The highest BCUT2D eigenvalue weighted by Gasteiger charge is 2.34. The van der Waals surface area contributed by atoms with Crippen LogP contribution in [0, 0.1) is 0 Å². The van der Waals surface area contributed by atoms with Crippen LogP contribution in [0.25, 0.3) is 0 Å². The molecule has 0 saturated heterocycles. The minimum Gasteiger partial charge on any atom is -0.331 e. The van der Waals surface area contributed by atoms with Crippen LogP contribution in [-0.4, -0.2) is 35.1 Å². The second-order valence-corrected chi connectivity index (χ2v) is 5.22. The zero-order valence-electron chi connectivity index (χ0n) is 10.8. The molecule has 3 nitrogen and oxygen atoms in total. The molecule has 102 valence electrons. The fraction of sp³-hybridized carbons (Fsp3) is 0.909. The van der Waals surface area contributed by atoms with E-state index in [1.807, 2.05) is 0 Å². The average molecular weight is 254 g/mol. The molecule has 0 aliphatic heterocycles. The van der Waals surface area contributed by atoms with Crippen molar-refractivity contribution in [3.05, 3.63) is 0 Å². The van der Waals surface area contributed by atoms with Crippen molar-refractivity contribution in [2.75, 3.05) is 6.54 Å². The van der Waals surface area contributed by atoms with E-state index in [4.69, 9.17) is 5.73 Å². The SMILES string of the molecule is CC(C)N(CC(F)(F)F)C(=O)CCC(C)(C)N. The van der Waals surface area contributed by atoms with E-state index in [9.17, 15) is 18.0 Å². The Labute approximate surface area is 100 Å². The Kier molecular flexibility index (Phi) is 5.45. The van der Waals surface area contributed by atoms with E-state index in [1.165, 1.54) is 0 Å². The molecule has 6 heteroatoms. The van der Waals surface area contributed by atoms with Gasteiger partial charge in [0.05, 0.1) is 0 Å². The van der Waals surface area contributed by atoms with Gasteiger partial charge in [0.15, 0.2) is 0 Å². The third-order valence-electron chi connectivity index (χ3n) is 2.28. The largest absolute Gasteiger partial charge is 0.406 e. The number of rotatable bonds is 5. The van der Waals surface area contributed by atoms with Gasteiger partial charge >= 0.3 is 6.18 Å². The first kappa shape index (κ1) is 16.2. The van der Waals surface area contributed by atoms with Gasteiger partial charge in [-0.25, -0.2) is 0 Å². The second-order valence-electron chi connectivity index (χ2n) is 5.22. The smallest absolute Gasteiger partial charge is 0.331 e. The van der Waals surface area contributed by atoms with Crippen LogP contribution >= 0.6 is 0 Å². The molecule has 0 radical (unpaired) electrons. The highest BCUT2D eigenvalue weighted by molar-refractivity contribution is 5.76. The predicted molar refractivity (Wildman–Crippen MR) is 60.4 cm³/mol. The Morgan fingerprint density at radius 1 is 1.29 bits per heavy atom. The molecule has 2 N–H and O–H groups in total. The van der Waals surface area contributed by atoms with Crippen LogP contribution in [0.1, 0.15) is 40.5 Å². The molecule has 0 aliphatic carbocycles. The summed E-state index contributed by atoms with van der Waals surface area (Å²) in [4.78, 5) is 12.5. The number of halogens is 3. The van der Waals surface area contributed by atoms with Gasteiger partial charge in [-0.15, -0.1) is 0 Å². The van der Waals surface area contributed by atoms with E-state index >= 15 is 0 Å². The molecule has 0 aromatic heterocycles. The zero-order valence-corrected chi connectivity index (χ0v) is 10.8. The fourth-order valence-corrected chi connectivity index (χ4v) is 1.32. The van der Waals surface area contributed by atoms with E-state index in [0.29, 0.717) is 6.42 Å². The lowest BCUT2D eigenvalue weighted by atomic mass is 9.99. The topological polar surface area (TPSA) is 46.3 Å². The number of hydrogen-bond donors (Lipinski definition) is 1. The number of carbonyl (C=O) groups excluding carboxylic acids is 1. The van der Waals surface area contributed by atoms with E-state index in [-0.39, 0.29) is 6.42 Å². The Bertz CT molecular complexity index is 256. The number of carbonyl (C=O) groups is 1. The third kappa shape index (κ3) is 8.01. The maximum absolute atomic E-state index is 12.3. The summed E-state index contributed by atoms with van der Waals surface area (Å²) in [6.45, 7) is 5.41. The van der Waals surface area contributed by atoms with Crippen LogP contribution in [0.5, 0.6) is 0 Å². The first-order chi connectivity index (χ1) is 7.42. The maximum Gasteiger partial charge on any atom is 0.406 e. The molecule has 0 aromatic rings. The van der Waals surface area contributed by atoms with Gasteiger partial charge in [0, 0.05) is 18.0 Å². The highest BCUT2D eigenvalue weighted by atomic mass is 19.4. The summed E-state index contributed by atoms with van der Waals surface area (Å²) in [7, 11) is 0. The normalized spacial score (nSPS) is 13.0. The van der Waals surface area contributed by atoms with Crippen LogP contribution in [0.4, 0.5) is 13.2 Å². The summed E-state index contributed by atoms with van der Waals surface area (Å²) in [5.74, 6) is -0.504. The average Bonchev–Trinajstić information content (AvgIpc) is 2.07. The molecule has 17 heavy (non-hydrogen) atoms. The number of nitrogens with two attached hydrogens (primary N) is 1. The first-order valence-corrected chi connectivity index (χ1v) is 5.57. The van der Waals surface area contributed by atoms with Crippen molar-refractivity contribution in [2.45, 2.75) is 58.3 Å². The molecule has 0 rings (SSSR count). The third-order valence-corrected chi connectivity index (χ3v) is 2.28. The van der Waals surface area contributed by atoms with Gasteiger partial charge in [0.1, 0.15) is 6.54 Å². The van der Waals surface area contributed by atoms with E-state index < -0.39 is 30.2 Å². The highest BCUT2D eigenvalue weighted by Crippen LogP contribution is 2.19. The summed E-state index contributed by atoms with van der Waals surface area (Å²) in [6.07, 6.45) is -3.96. The summed E-state index contributed by atoms with van der Waals surface area (Å²) >= 11 is 0. The number of alkyl halides is 3. The maximum atomic E-state index is 12.3. The monoisotopic (exact) mass is 254 g/mol. The molecule has 0 unspecified atom stereocenters. The molecule has 0 atom stereocenters. The molecule has 0 aromatic carbocycles. The first-order valence-electron chi connectivity index (χ1n) is 5.57. The molecular weight excluding hydrogens is 233 g/mol. The van der Waals surface area contributed by atoms with E-state index in [2.05, 4.69) is 0 Å². The summed E-state index contributed by atoms with van der Waals surface area (Å²) in [5, 5.41) is 0. The summed E-state index contributed by atoms with van der Waals surface area (Å²) < 4.78 is 36.8. The van der Waals surface area contributed by atoms with E-state index in [1.54, 1.807) is 27.7 Å². The van der Waals surface area contributed by atoms with Crippen molar-refractivity contribution in [2.24, 2.45) is 5.73 Å². The summed E-state index contributed by atoms with van der Waals surface area (Å²) in [6, 6.07) is -0.468.